The van der Waals surface area contributed by atoms with E-state index >= 15 is 0 Å². The first-order valence-corrected chi connectivity index (χ1v) is 7.28. The summed E-state index contributed by atoms with van der Waals surface area (Å²) < 4.78 is 2.77. The van der Waals surface area contributed by atoms with Crippen LogP contribution in [0.15, 0.2) is 41.0 Å². The largest absolute Gasteiger partial charge is 0.369 e. The molecule has 0 aliphatic carbocycles. The minimum Gasteiger partial charge on any atom is -0.369 e. The molecule has 1 unspecified atom stereocenters. The molecule has 4 nitrogen and oxygen atoms in total. The highest BCUT2D eigenvalue weighted by molar-refractivity contribution is 9.10. The molecule has 3 aromatic rings. The fraction of sp³-hybridized carbons (Fsp3) is 0.143. The van der Waals surface area contributed by atoms with Crippen LogP contribution < -0.4 is 5.73 Å². The van der Waals surface area contributed by atoms with Crippen molar-refractivity contribution in [3.63, 3.8) is 0 Å². The van der Waals surface area contributed by atoms with Crippen molar-refractivity contribution in [3.05, 3.63) is 51.6 Å². The molecule has 0 fully saturated rings. The van der Waals surface area contributed by atoms with Crippen molar-refractivity contribution < 1.29 is 0 Å². The molecule has 0 saturated heterocycles. The number of fused-ring (bicyclic) bond motifs is 1. The zero-order valence-corrected chi connectivity index (χ0v) is 13.1. The Bertz CT molecular complexity index is 784. The Morgan fingerprint density at radius 3 is 2.85 bits per heavy atom. The van der Waals surface area contributed by atoms with Crippen molar-refractivity contribution in [3.8, 4) is 0 Å². The summed E-state index contributed by atoms with van der Waals surface area (Å²) in [7, 11) is 0. The second-order valence-electron chi connectivity index (χ2n) is 4.53. The number of nitrogens with zero attached hydrogens (tertiary/aromatic N) is 3. The Labute approximate surface area is 129 Å². The number of aromatic nitrogens is 3. The molecule has 0 amide bonds. The quantitative estimate of drug-likeness (QED) is 0.758. The average molecular weight is 352 g/mol. The number of hydrogen-bond donors (Lipinski definition) is 1. The van der Waals surface area contributed by atoms with Gasteiger partial charge in [-0.3, -0.25) is 4.57 Å². The fourth-order valence-corrected chi connectivity index (χ4v) is 2.92. The van der Waals surface area contributed by atoms with E-state index in [9.17, 15) is 0 Å². The predicted molar refractivity (Wildman–Crippen MR) is 84.9 cm³/mol. The Morgan fingerprint density at radius 1 is 1.35 bits per heavy atom. The molecule has 20 heavy (non-hydrogen) atoms. The zero-order valence-electron chi connectivity index (χ0n) is 10.7. The molecule has 0 saturated carbocycles. The fourth-order valence-electron chi connectivity index (χ4n) is 2.31. The summed E-state index contributed by atoms with van der Waals surface area (Å²) >= 11 is 9.65. The van der Waals surface area contributed by atoms with Crippen LogP contribution in [0.3, 0.4) is 0 Å². The molecule has 6 heteroatoms. The monoisotopic (exact) mass is 350 g/mol. The van der Waals surface area contributed by atoms with Gasteiger partial charge in [-0.1, -0.05) is 29.8 Å². The van der Waals surface area contributed by atoms with Crippen molar-refractivity contribution in [1.82, 2.24) is 14.5 Å². The van der Waals surface area contributed by atoms with E-state index in [4.69, 9.17) is 17.3 Å². The number of imidazole rings is 1. The molecule has 0 aliphatic rings. The summed E-state index contributed by atoms with van der Waals surface area (Å²) in [6.07, 6.45) is 1.74. The molecular weight excluding hydrogens is 340 g/mol. The van der Waals surface area contributed by atoms with Gasteiger partial charge in [-0.05, 0) is 40.5 Å². The van der Waals surface area contributed by atoms with Crippen LogP contribution in [0.2, 0.25) is 5.02 Å². The lowest BCUT2D eigenvalue weighted by Gasteiger charge is -2.17. The Morgan fingerprint density at radius 2 is 2.10 bits per heavy atom. The maximum Gasteiger partial charge on any atom is 0.203 e. The van der Waals surface area contributed by atoms with Gasteiger partial charge in [0.25, 0.3) is 0 Å². The van der Waals surface area contributed by atoms with Crippen LogP contribution in [-0.4, -0.2) is 14.5 Å². The predicted octanol–water partition coefficient (Wildman–Crippen LogP) is 4.04. The minimum absolute atomic E-state index is 0.0395. The summed E-state index contributed by atoms with van der Waals surface area (Å²) in [6, 6.07) is 9.57. The topological polar surface area (TPSA) is 56.7 Å². The number of anilines is 1. The van der Waals surface area contributed by atoms with Crippen molar-refractivity contribution in [2.24, 2.45) is 0 Å². The van der Waals surface area contributed by atoms with Crippen LogP contribution in [0.25, 0.3) is 11.2 Å². The van der Waals surface area contributed by atoms with Gasteiger partial charge < -0.3 is 5.73 Å². The van der Waals surface area contributed by atoms with Gasteiger partial charge in [0.05, 0.1) is 6.04 Å². The Balaban J connectivity index is 2.19. The Hall–Kier alpha value is -1.59. The third-order valence-electron chi connectivity index (χ3n) is 3.27. The first-order chi connectivity index (χ1) is 9.58. The van der Waals surface area contributed by atoms with Crippen molar-refractivity contribution >= 4 is 44.6 Å². The molecule has 0 aliphatic heterocycles. The summed E-state index contributed by atoms with van der Waals surface area (Å²) in [6.45, 7) is 2.03. The van der Waals surface area contributed by atoms with Crippen LogP contribution in [0.5, 0.6) is 0 Å². The maximum absolute atomic E-state index is 6.26. The van der Waals surface area contributed by atoms with Gasteiger partial charge in [0.1, 0.15) is 5.52 Å². The van der Waals surface area contributed by atoms with Gasteiger partial charge in [0, 0.05) is 15.7 Å². The van der Waals surface area contributed by atoms with Crippen molar-refractivity contribution in [2.75, 3.05) is 5.73 Å². The molecule has 1 atom stereocenters. The first-order valence-electron chi connectivity index (χ1n) is 6.11. The van der Waals surface area contributed by atoms with Crippen LogP contribution in [0.4, 0.5) is 5.95 Å². The third kappa shape index (κ3) is 2.17. The number of nitrogens with two attached hydrogens (primary N) is 1. The van der Waals surface area contributed by atoms with Crippen molar-refractivity contribution in [2.45, 2.75) is 13.0 Å². The second kappa shape index (κ2) is 5.07. The average Bonchev–Trinajstić information content (AvgIpc) is 2.73. The number of nitrogen functional groups attached to an aromatic ring is 1. The highest BCUT2D eigenvalue weighted by Gasteiger charge is 2.18. The van der Waals surface area contributed by atoms with Gasteiger partial charge in [0.15, 0.2) is 5.65 Å². The maximum atomic E-state index is 6.26. The highest BCUT2D eigenvalue weighted by Crippen LogP contribution is 2.30. The molecular formula is C14H12BrClN4. The van der Waals surface area contributed by atoms with Gasteiger partial charge in [-0.25, -0.2) is 9.97 Å². The highest BCUT2D eigenvalue weighted by atomic mass is 79.9. The summed E-state index contributed by atoms with van der Waals surface area (Å²) in [5.41, 5.74) is 8.54. The lowest BCUT2D eigenvalue weighted by Crippen LogP contribution is -2.11. The van der Waals surface area contributed by atoms with Gasteiger partial charge >= 0.3 is 0 Å². The van der Waals surface area contributed by atoms with E-state index in [-0.39, 0.29) is 6.04 Å². The smallest absolute Gasteiger partial charge is 0.203 e. The summed E-state index contributed by atoms with van der Waals surface area (Å²) in [5, 5.41) is 0.707. The van der Waals surface area contributed by atoms with E-state index in [2.05, 4.69) is 25.9 Å². The van der Waals surface area contributed by atoms with Crippen molar-refractivity contribution in [1.29, 1.82) is 0 Å². The van der Waals surface area contributed by atoms with E-state index in [1.54, 1.807) is 6.20 Å². The van der Waals surface area contributed by atoms with Gasteiger partial charge in [-0.15, -0.1) is 0 Å². The summed E-state index contributed by atoms with van der Waals surface area (Å²) in [4.78, 5) is 8.76. The zero-order chi connectivity index (χ0) is 14.3. The molecule has 1 aromatic carbocycles. The lowest BCUT2D eigenvalue weighted by atomic mass is 10.1. The molecule has 0 radical (unpaired) electrons. The third-order valence-corrected chi connectivity index (χ3v) is 4.04. The normalized spacial score (nSPS) is 12.8. The summed E-state index contributed by atoms with van der Waals surface area (Å²) in [5.74, 6) is 0.429. The molecule has 102 valence electrons. The molecule has 3 rings (SSSR count). The molecule has 2 N–H and O–H groups in total. The first kappa shape index (κ1) is 13.4. The minimum atomic E-state index is -0.0395. The lowest BCUT2D eigenvalue weighted by molar-refractivity contribution is 0.662. The molecule has 0 bridgehead atoms. The number of benzene rings is 1. The van der Waals surface area contributed by atoms with E-state index in [1.807, 2.05) is 41.8 Å². The Kier molecular flexibility index (Phi) is 3.40. The van der Waals surface area contributed by atoms with Gasteiger partial charge in [-0.2, -0.15) is 0 Å². The molecule has 2 heterocycles. The van der Waals surface area contributed by atoms with E-state index < -0.39 is 0 Å². The number of halogens is 2. The van der Waals surface area contributed by atoms with Crippen LogP contribution in [0, 0.1) is 0 Å². The standard InChI is InChI=1S/C14H12BrClN4/c1-8(10-4-2-3-5-11(10)16)20-13-12(19-14(20)17)6-9(15)7-18-13/h2-8H,1H3,(H2,17,19). The molecule has 0 spiro atoms. The number of hydrogen-bond acceptors (Lipinski definition) is 3. The van der Waals surface area contributed by atoms with E-state index in [0.29, 0.717) is 11.0 Å². The SMILES string of the molecule is CC(c1ccccc1Cl)n1c(N)nc2cc(Br)cnc21. The second-order valence-corrected chi connectivity index (χ2v) is 5.86. The van der Waals surface area contributed by atoms with Crippen LogP contribution in [0.1, 0.15) is 18.5 Å². The van der Waals surface area contributed by atoms with Gasteiger partial charge in [0.2, 0.25) is 5.95 Å². The number of rotatable bonds is 2. The van der Waals surface area contributed by atoms with E-state index in [0.717, 1.165) is 21.2 Å². The number of pyridine rings is 1. The van der Waals surface area contributed by atoms with Crippen LogP contribution >= 0.6 is 27.5 Å². The van der Waals surface area contributed by atoms with E-state index in [1.165, 1.54) is 0 Å². The molecule has 2 aromatic heterocycles. The van der Waals surface area contributed by atoms with Crippen LogP contribution in [-0.2, 0) is 0 Å².